The number of benzene rings is 1. The van der Waals surface area contributed by atoms with Crippen LogP contribution in [-0.4, -0.2) is 166 Å². The van der Waals surface area contributed by atoms with E-state index in [4.69, 9.17) is 44.9 Å². The predicted octanol–water partition coefficient (Wildman–Crippen LogP) is 5.55. The Bertz CT molecular complexity index is 2790. The molecule has 0 saturated carbocycles. The Morgan fingerprint density at radius 1 is 1.09 bits per heavy atom. The Morgan fingerprint density at radius 2 is 1.80 bits per heavy atom. The first kappa shape index (κ1) is 63.9. The smallest absolute Gasteiger partial charge is 0.409 e. The number of hydrogen-bond acceptors (Lipinski definition) is 21. The number of epoxide rings is 1. The number of esters is 1. The molecule has 3 saturated heterocycles. The molecule has 442 valence electrons. The molecule has 81 heavy (non-hydrogen) atoms. The van der Waals surface area contributed by atoms with Crippen molar-refractivity contribution in [1.82, 2.24) is 30.9 Å². The van der Waals surface area contributed by atoms with E-state index >= 15 is 0 Å². The van der Waals surface area contributed by atoms with Crippen LogP contribution < -0.4 is 25.1 Å². The van der Waals surface area contributed by atoms with Crippen LogP contribution in [0.3, 0.4) is 0 Å². The number of rotatable bonds is 20. The lowest BCUT2D eigenvalue weighted by Gasteiger charge is -2.42. The van der Waals surface area contributed by atoms with Crippen LogP contribution in [0, 0.1) is 5.92 Å². The molecule has 0 unspecified atom stereocenters. The fourth-order valence-electron chi connectivity index (χ4n) is 9.17. The minimum atomic E-state index is -1.88. The molecule has 3 fully saturated rings. The lowest BCUT2D eigenvalue weighted by Crippen LogP contribution is -2.63. The maximum atomic E-state index is 14.4. The highest BCUT2D eigenvalue weighted by Gasteiger charge is 2.64. The molecule has 1 aromatic carbocycles. The van der Waals surface area contributed by atoms with Crippen LogP contribution >= 0.6 is 33.2 Å². The highest BCUT2D eigenvalue weighted by Crippen LogP contribution is 2.49. The molecular formula is C54H71ClN8O16S2. The van der Waals surface area contributed by atoms with E-state index in [1.807, 2.05) is 26.8 Å². The first-order chi connectivity index (χ1) is 38.2. The summed E-state index contributed by atoms with van der Waals surface area (Å²) in [5.74, 6) is -3.62. The number of nitrogens with one attached hydrogen (secondary N) is 2. The zero-order valence-corrected chi connectivity index (χ0v) is 49.6. The second-order valence-corrected chi connectivity index (χ2v) is 24.5. The van der Waals surface area contributed by atoms with Gasteiger partial charge in [0.1, 0.15) is 46.4 Å². The quantitative estimate of drug-likeness (QED) is 0.0278. The minimum Gasteiger partial charge on any atom is -0.495 e. The van der Waals surface area contributed by atoms with Crippen molar-refractivity contribution in [1.29, 1.82) is 0 Å². The summed E-state index contributed by atoms with van der Waals surface area (Å²) in [6.45, 7) is 12.4. The number of alkyl carbamates (subject to hydrolysis) is 1. The van der Waals surface area contributed by atoms with Gasteiger partial charge in [0.05, 0.1) is 44.1 Å². The third kappa shape index (κ3) is 16.7. The molecule has 4 aliphatic rings. The average molecular weight is 1190 g/mol. The minimum absolute atomic E-state index is 0.00437. The van der Waals surface area contributed by atoms with Crippen molar-refractivity contribution in [3.05, 3.63) is 64.3 Å². The first-order valence-corrected chi connectivity index (χ1v) is 28.9. The zero-order valence-electron chi connectivity index (χ0n) is 47.2. The number of likely N-dealkylation sites (N-methyl/N-ethyl adjacent to an activating group) is 1. The maximum Gasteiger partial charge on any atom is 0.409 e. The summed E-state index contributed by atoms with van der Waals surface area (Å²) < 4.78 is 34.4. The first-order valence-electron chi connectivity index (χ1n) is 26.2. The van der Waals surface area contributed by atoms with E-state index in [2.05, 4.69) is 26.0 Å². The molecule has 4 bridgehead atoms. The summed E-state index contributed by atoms with van der Waals surface area (Å²) in [6.07, 6.45) is 0.666. The lowest BCUT2D eigenvalue weighted by atomic mass is 9.83. The van der Waals surface area contributed by atoms with Crippen molar-refractivity contribution < 1.29 is 76.7 Å². The second kappa shape index (κ2) is 27.6. The van der Waals surface area contributed by atoms with Gasteiger partial charge in [-0.2, -0.15) is 5.10 Å². The Morgan fingerprint density at radius 3 is 2.47 bits per heavy atom. The van der Waals surface area contributed by atoms with Crippen LogP contribution in [-0.2, 0) is 63.8 Å². The number of hydrogen-bond donors (Lipinski definition) is 3. The van der Waals surface area contributed by atoms with Gasteiger partial charge in [0.25, 0.3) is 11.8 Å². The number of aromatic nitrogens is 2. The van der Waals surface area contributed by atoms with Crippen molar-refractivity contribution >= 4 is 92.2 Å². The Labute approximate surface area is 483 Å². The number of carbonyl (C=O) groups is 8. The van der Waals surface area contributed by atoms with Crippen molar-refractivity contribution in [3.63, 3.8) is 0 Å². The summed E-state index contributed by atoms with van der Waals surface area (Å²) in [4.78, 5) is 111. The van der Waals surface area contributed by atoms with Crippen LogP contribution in [0.1, 0.15) is 111 Å². The molecule has 27 heteroatoms. The predicted molar refractivity (Wildman–Crippen MR) is 299 cm³/mol. The van der Waals surface area contributed by atoms with Gasteiger partial charge in [0.2, 0.25) is 23.6 Å². The van der Waals surface area contributed by atoms with E-state index in [1.54, 1.807) is 64.2 Å². The number of imide groups is 1. The van der Waals surface area contributed by atoms with Crippen LogP contribution in [0.2, 0.25) is 5.02 Å². The number of nitrogens with zero attached hydrogens (tertiary/aromatic N) is 6. The van der Waals surface area contributed by atoms with Gasteiger partial charge in [-0.3, -0.25) is 29.3 Å². The molecular weight excluding hydrogens is 1120 g/mol. The van der Waals surface area contributed by atoms with Crippen LogP contribution in [0.4, 0.5) is 10.5 Å². The van der Waals surface area contributed by atoms with Crippen molar-refractivity contribution in [3.8, 4) is 11.6 Å². The second-order valence-electron chi connectivity index (χ2n) is 21.0. The van der Waals surface area contributed by atoms with Gasteiger partial charge in [-0.1, -0.05) is 63.9 Å². The van der Waals surface area contributed by atoms with E-state index in [1.165, 1.54) is 59.6 Å². The van der Waals surface area contributed by atoms with E-state index < -0.39 is 88.2 Å². The number of hydrazone groups is 1. The number of aliphatic hydroxyl groups is 1. The molecule has 0 radical (unpaired) electrons. The van der Waals surface area contributed by atoms with Gasteiger partial charge >= 0.3 is 18.0 Å². The molecule has 0 aliphatic carbocycles. The number of methoxy groups -OCH3 is 2. The number of ether oxygens (including phenoxy) is 6. The highest BCUT2D eigenvalue weighted by atomic mass is 35.5. The summed E-state index contributed by atoms with van der Waals surface area (Å²) in [6, 6.07) is 5.58. The fraction of sp³-hybridized carbons (Fsp3) is 0.574. The van der Waals surface area contributed by atoms with Crippen LogP contribution in [0.5, 0.6) is 11.6 Å². The van der Waals surface area contributed by atoms with Gasteiger partial charge < -0.3 is 48.2 Å². The molecule has 6 amide bonds. The van der Waals surface area contributed by atoms with E-state index in [0.717, 1.165) is 11.1 Å². The van der Waals surface area contributed by atoms with E-state index in [9.17, 15) is 43.5 Å². The van der Waals surface area contributed by atoms with Crippen LogP contribution in [0.25, 0.3) is 0 Å². The van der Waals surface area contributed by atoms with Gasteiger partial charge in [0, 0.05) is 75.8 Å². The molecule has 5 heterocycles. The Kier molecular flexibility index (Phi) is 21.8. The van der Waals surface area contributed by atoms with Crippen LogP contribution in [0.15, 0.2) is 53.2 Å². The molecule has 0 spiro atoms. The topological polar surface area (TPSA) is 297 Å². The number of carbonyl (C=O) groups excluding carboxylic acids is 8. The highest BCUT2D eigenvalue weighted by molar-refractivity contribution is 8.77. The summed E-state index contributed by atoms with van der Waals surface area (Å²) >= 11 is 6.83. The third-order valence-electron chi connectivity index (χ3n) is 14.1. The molecule has 24 nitrogen and oxygen atoms in total. The molecule has 8 atom stereocenters. The molecule has 6 rings (SSSR count). The summed E-state index contributed by atoms with van der Waals surface area (Å²) in [7, 11) is 8.70. The van der Waals surface area contributed by atoms with E-state index in [-0.39, 0.29) is 80.7 Å². The maximum absolute atomic E-state index is 14.4. The van der Waals surface area contributed by atoms with Crippen molar-refractivity contribution in [2.45, 2.75) is 153 Å². The average Bonchev–Trinajstić information content (AvgIpc) is 4.01. The van der Waals surface area contributed by atoms with Gasteiger partial charge in [-0.05, 0) is 78.1 Å². The van der Waals surface area contributed by atoms with Gasteiger partial charge in [-0.25, -0.2) is 19.8 Å². The number of allylic oxidation sites excluding steroid dienone is 3. The SMILES string of the molecule is COc1cc2cc(c1Cl)N(C)C(=O)C[C@H](OC(=O)[C@H](C)N(C)C(=O)CCSSC(C)(C)CC(=O)N/N=C(/C)c1ccc(OCCCC(=O)ON3C(=O)CCC3=O)nn1)[C@]1(C)O[C@H]1[C@H](C)[C@@H]1C[C@@](O)(NC(=O)O1)[C@H](OC)/C=C/C=C(\C)C2. The molecule has 3 N–H and O–H groups in total. The normalized spacial score (nSPS) is 25.8. The number of hydroxylamine groups is 2. The number of anilines is 1. The molecule has 1 aromatic heterocycles. The van der Waals surface area contributed by atoms with Gasteiger partial charge in [0.15, 0.2) is 5.72 Å². The monoisotopic (exact) mass is 1190 g/mol. The Balaban J connectivity index is 1.02. The standard InChI is InChI=1S/C54H71ClN8O16S2/c1-30-14-12-15-39(74-11)54(72)28-38(76-51(71)56-54)31(2)49-53(7,78-49)40(27-46(68)62(9)36-25-34(24-30)26-37(73-10)48(36)55)77-50(70)33(4)61(8)43(65)21-23-80-81-52(5,6)29-41(64)59-57-32(3)35-17-18-42(60-58-35)75-22-13-16-47(69)79-63-44(66)19-20-45(63)67/h12,14-15,17-18,25-26,31,33,38-40,49,72H,13,16,19-24,27-29H2,1-11H3,(H,56,71)(H,59,64)/b15-12+,30-14+,57-32-/t31-,33+,38+,39-,40+,49+,53+,54+/m1/s1. The molecule has 2 aromatic rings. The largest absolute Gasteiger partial charge is 0.495 e. The number of halogens is 1. The summed E-state index contributed by atoms with van der Waals surface area (Å²) in [5, 5.41) is 27.3. The number of fused-ring (bicyclic) bond motifs is 5. The van der Waals surface area contributed by atoms with Crippen molar-refractivity contribution in [2.75, 3.05) is 45.6 Å². The van der Waals surface area contributed by atoms with E-state index in [0.29, 0.717) is 40.1 Å². The zero-order chi connectivity index (χ0) is 59.6. The lowest BCUT2D eigenvalue weighted by molar-refractivity contribution is -0.197. The number of amides is 6. The van der Waals surface area contributed by atoms with Gasteiger partial charge in [-0.15, -0.1) is 15.3 Å². The van der Waals surface area contributed by atoms with Crippen molar-refractivity contribution in [2.24, 2.45) is 11.0 Å². The summed E-state index contributed by atoms with van der Waals surface area (Å²) in [5.41, 5.74) is 2.11. The third-order valence-corrected chi connectivity index (χ3v) is 17.8. The fourth-order valence-corrected chi connectivity index (χ4v) is 12.0. The molecule has 4 aliphatic heterocycles. The Hall–Kier alpha value is -6.32.